The molecule has 35 heavy (non-hydrogen) atoms. The molecular weight excluding hydrogens is 436 g/mol. The summed E-state index contributed by atoms with van der Waals surface area (Å²) in [6.07, 6.45) is 11.4. The normalized spacial score (nSPS) is 24.1. The van der Waals surface area contributed by atoms with E-state index in [1.165, 1.54) is 0 Å². The smallest absolute Gasteiger partial charge is 0.186 e. The van der Waals surface area contributed by atoms with Crippen molar-refractivity contribution in [3.8, 4) is 0 Å². The van der Waals surface area contributed by atoms with E-state index in [1.807, 2.05) is 48.6 Å². The first-order valence-electron chi connectivity index (χ1n) is 12.2. The molecule has 5 nitrogen and oxygen atoms in total. The van der Waals surface area contributed by atoms with Crippen LogP contribution in [-0.4, -0.2) is 19.0 Å². The summed E-state index contributed by atoms with van der Waals surface area (Å²) in [7, 11) is 1.70. The Kier molecular flexibility index (Phi) is 5.64. The highest BCUT2D eigenvalue weighted by Crippen LogP contribution is 2.47. The molecule has 180 valence electrons. The van der Waals surface area contributed by atoms with Gasteiger partial charge in [0.1, 0.15) is 11.3 Å². The molecule has 1 aromatic heterocycles. The number of carbonyl (C=O) groups excluding carboxylic acids is 1. The van der Waals surface area contributed by atoms with Gasteiger partial charge in [0, 0.05) is 34.8 Å². The third-order valence-electron chi connectivity index (χ3n) is 7.04. The van der Waals surface area contributed by atoms with Crippen molar-refractivity contribution < 1.29 is 13.9 Å². The molecule has 0 saturated heterocycles. The average Bonchev–Trinajstić information content (AvgIpc) is 3.16. The lowest BCUT2D eigenvalue weighted by Crippen LogP contribution is -2.31. The summed E-state index contributed by atoms with van der Waals surface area (Å²) in [6, 6.07) is 8.05. The van der Waals surface area contributed by atoms with Crippen LogP contribution >= 0.6 is 0 Å². The Morgan fingerprint density at radius 3 is 2.57 bits per heavy atom. The van der Waals surface area contributed by atoms with Crippen molar-refractivity contribution in [1.29, 1.82) is 0 Å². The van der Waals surface area contributed by atoms with Gasteiger partial charge in [-0.2, -0.15) is 5.11 Å². The number of ketones is 1. The first-order chi connectivity index (χ1) is 16.6. The van der Waals surface area contributed by atoms with E-state index in [2.05, 4.69) is 45.8 Å². The highest BCUT2D eigenvalue weighted by atomic mass is 16.5. The second-order valence-electron chi connectivity index (χ2n) is 11.2. The second-order valence-corrected chi connectivity index (χ2v) is 11.2. The summed E-state index contributed by atoms with van der Waals surface area (Å²) in [5.41, 5.74) is 5.08. The van der Waals surface area contributed by atoms with E-state index in [4.69, 9.17) is 14.3 Å². The Morgan fingerprint density at radius 1 is 1.11 bits per heavy atom. The van der Waals surface area contributed by atoms with Crippen LogP contribution in [0.25, 0.3) is 16.7 Å². The molecular formula is C30H32N2O3. The topological polar surface area (TPSA) is 64.2 Å². The second kappa shape index (κ2) is 8.42. The maximum absolute atomic E-state index is 13.7. The number of para-hydroxylation sites is 1. The predicted molar refractivity (Wildman–Crippen MR) is 139 cm³/mol. The van der Waals surface area contributed by atoms with Crippen LogP contribution in [0.2, 0.25) is 0 Å². The predicted octanol–water partition coefficient (Wildman–Crippen LogP) is 7.52. The molecule has 0 spiro atoms. The lowest BCUT2D eigenvalue weighted by Gasteiger charge is -2.35. The summed E-state index contributed by atoms with van der Waals surface area (Å²) in [5.74, 6) is 0.838. The number of benzene rings is 1. The van der Waals surface area contributed by atoms with Gasteiger partial charge in [-0.1, -0.05) is 65.0 Å². The van der Waals surface area contributed by atoms with Crippen molar-refractivity contribution in [2.45, 2.75) is 53.6 Å². The Labute approximate surface area is 206 Å². The van der Waals surface area contributed by atoms with E-state index < -0.39 is 0 Å². The minimum atomic E-state index is -0.374. The number of Topliss-reactive ketones (excluding diaryl/α,β-unsaturated/α-hetero) is 1. The molecule has 3 aliphatic carbocycles. The number of furan rings is 1. The van der Waals surface area contributed by atoms with Crippen molar-refractivity contribution in [1.82, 2.24) is 0 Å². The molecule has 1 heterocycles. The fraction of sp³-hybridized carbons (Fsp3) is 0.367. The molecule has 2 aromatic rings. The van der Waals surface area contributed by atoms with Gasteiger partial charge in [0.15, 0.2) is 11.5 Å². The summed E-state index contributed by atoms with van der Waals surface area (Å²) in [4.78, 5) is 13.7. The van der Waals surface area contributed by atoms with Crippen LogP contribution in [0.3, 0.4) is 0 Å². The van der Waals surface area contributed by atoms with Gasteiger partial charge >= 0.3 is 0 Å². The van der Waals surface area contributed by atoms with Crippen molar-refractivity contribution in [2.24, 2.45) is 21.1 Å². The van der Waals surface area contributed by atoms with Gasteiger partial charge in [0.2, 0.25) is 0 Å². The molecule has 3 aliphatic rings. The highest BCUT2D eigenvalue weighted by Gasteiger charge is 2.40. The number of methoxy groups -OCH3 is 1. The van der Waals surface area contributed by atoms with Crippen LogP contribution in [0.4, 0.5) is 0 Å². The van der Waals surface area contributed by atoms with E-state index in [0.29, 0.717) is 12.1 Å². The number of allylic oxidation sites excluding steroid dienone is 6. The summed E-state index contributed by atoms with van der Waals surface area (Å²) in [6.45, 7) is 10.5. The van der Waals surface area contributed by atoms with Gasteiger partial charge in [0.05, 0.1) is 11.8 Å². The number of rotatable bonds is 3. The molecule has 0 amide bonds. The number of nitrogens with zero attached hydrogens (tertiary/aromatic N) is 2. The van der Waals surface area contributed by atoms with Crippen molar-refractivity contribution in [3.63, 3.8) is 0 Å². The number of hydrogen-bond acceptors (Lipinski definition) is 5. The fourth-order valence-corrected chi connectivity index (χ4v) is 5.01. The third-order valence-corrected chi connectivity index (χ3v) is 7.04. The molecule has 1 unspecified atom stereocenters. The molecule has 0 radical (unpaired) electrons. The average molecular weight is 469 g/mol. The number of carbonyl (C=O) groups is 1. The molecule has 1 atom stereocenters. The zero-order valence-electron chi connectivity index (χ0n) is 21.3. The Hall–Kier alpha value is -3.31. The Morgan fingerprint density at radius 2 is 1.89 bits per heavy atom. The monoisotopic (exact) mass is 468 g/mol. The van der Waals surface area contributed by atoms with Crippen molar-refractivity contribution in [3.05, 3.63) is 88.4 Å². The molecule has 5 heteroatoms. The molecule has 0 fully saturated rings. The number of ether oxygens (including phenoxy) is 1. The zero-order chi connectivity index (χ0) is 25.0. The van der Waals surface area contributed by atoms with E-state index in [-0.39, 0.29) is 22.7 Å². The van der Waals surface area contributed by atoms with Gasteiger partial charge in [0.25, 0.3) is 0 Å². The number of hydrogen-bond donors (Lipinski definition) is 0. The van der Waals surface area contributed by atoms with Crippen LogP contribution in [0.5, 0.6) is 0 Å². The Bertz CT molecular complexity index is 1400. The SMILES string of the molecule is COC1C=CC(N=N/C2=C3\C=C(C(C)(C)C)C(=O)C(=C3)C(C)(C)Cc3c2oc2ccccc32)=CC1. The van der Waals surface area contributed by atoms with E-state index in [9.17, 15) is 4.79 Å². The first-order valence-corrected chi connectivity index (χ1v) is 12.2. The minimum Gasteiger partial charge on any atom is -0.454 e. The summed E-state index contributed by atoms with van der Waals surface area (Å²) < 4.78 is 11.8. The van der Waals surface area contributed by atoms with Crippen LogP contribution < -0.4 is 0 Å². The maximum Gasteiger partial charge on any atom is 0.186 e. The largest absolute Gasteiger partial charge is 0.454 e. The van der Waals surface area contributed by atoms with Gasteiger partial charge in [-0.15, -0.1) is 5.11 Å². The molecule has 0 saturated carbocycles. The van der Waals surface area contributed by atoms with Crippen molar-refractivity contribution >= 4 is 22.4 Å². The van der Waals surface area contributed by atoms with E-state index >= 15 is 0 Å². The third kappa shape index (κ3) is 4.19. The van der Waals surface area contributed by atoms with Crippen LogP contribution in [0.1, 0.15) is 52.4 Å². The van der Waals surface area contributed by atoms with Crippen molar-refractivity contribution in [2.75, 3.05) is 7.11 Å². The zero-order valence-corrected chi connectivity index (χ0v) is 21.3. The standard InChI is InChI=1S/C30H32N2O3/c1-29(2,3)23-15-18-16-24(27(23)33)30(4,5)17-22-21-9-7-8-10-25(21)35-28(22)26(18)32-31-19-11-13-20(34-6)14-12-19/h7-13,15-16,20H,14,17H2,1-6H3/b26-18+,32-31?. The fourth-order valence-electron chi connectivity index (χ4n) is 5.01. The van der Waals surface area contributed by atoms with Crippen LogP contribution in [0.15, 0.2) is 91.7 Å². The summed E-state index contributed by atoms with van der Waals surface area (Å²) in [5, 5.41) is 10.4. The molecule has 2 bridgehead atoms. The van der Waals surface area contributed by atoms with E-state index in [1.54, 1.807) is 7.11 Å². The lowest BCUT2D eigenvalue weighted by atomic mass is 9.68. The Balaban J connectivity index is 1.76. The minimum absolute atomic E-state index is 0.0636. The molecule has 0 N–H and O–H groups in total. The quantitative estimate of drug-likeness (QED) is 0.438. The molecule has 0 aliphatic heterocycles. The number of fused-ring (bicyclic) bond motifs is 4. The highest BCUT2D eigenvalue weighted by molar-refractivity contribution is 6.12. The van der Waals surface area contributed by atoms with E-state index in [0.717, 1.165) is 51.1 Å². The van der Waals surface area contributed by atoms with Gasteiger partial charge < -0.3 is 9.15 Å². The summed E-state index contributed by atoms with van der Waals surface area (Å²) >= 11 is 0. The molecule has 1 aromatic carbocycles. The molecule has 5 rings (SSSR count). The van der Waals surface area contributed by atoms with Gasteiger partial charge in [-0.3, -0.25) is 4.79 Å². The lowest BCUT2D eigenvalue weighted by molar-refractivity contribution is -0.114. The van der Waals surface area contributed by atoms with Gasteiger partial charge in [-0.05, 0) is 48.0 Å². The first kappa shape index (κ1) is 23.4. The number of azo groups is 1. The van der Waals surface area contributed by atoms with Crippen LogP contribution in [-0.2, 0) is 16.0 Å². The maximum atomic E-state index is 13.7. The van der Waals surface area contributed by atoms with Gasteiger partial charge in [-0.25, -0.2) is 0 Å². The van der Waals surface area contributed by atoms with Crippen LogP contribution in [0, 0.1) is 10.8 Å².